The van der Waals surface area contributed by atoms with E-state index in [1.807, 2.05) is 0 Å². The van der Waals surface area contributed by atoms with Gasteiger partial charge in [0.15, 0.2) is 0 Å². The van der Waals surface area contributed by atoms with Crippen LogP contribution in [0.25, 0.3) is 0 Å². The van der Waals surface area contributed by atoms with E-state index in [1.54, 1.807) is 0 Å². The molecule has 0 aliphatic carbocycles. The van der Waals surface area contributed by atoms with Crippen molar-refractivity contribution in [1.29, 1.82) is 0 Å². The number of hydrogen-bond donors (Lipinski definition) is 0. The number of unbranched alkanes of at least 4 members (excludes halogenated alkanes) is 6. The van der Waals surface area contributed by atoms with Crippen LogP contribution in [0.3, 0.4) is 0 Å². The standard InChI is InChI=1S/C14H24O3/c1-4-5-6-7-8-9-10-11-13(15)17-14(16)12(2)3/h2,4-11H2,1,3H3. The second kappa shape index (κ2) is 10.1. The lowest BCUT2D eigenvalue weighted by molar-refractivity contribution is -0.156. The summed E-state index contributed by atoms with van der Waals surface area (Å²) >= 11 is 0. The highest BCUT2D eigenvalue weighted by Crippen LogP contribution is 2.09. The molecule has 0 unspecified atom stereocenters. The van der Waals surface area contributed by atoms with E-state index < -0.39 is 11.9 Å². The zero-order chi connectivity index (χ0) is 13.1. The lowest BCUT2D eigenvalue weighted by Crippen LogP contribution is -2.12. The highest BCUT2D eigenvalue weighted by atomic mass is 16.6. The predicted octanol–water partition coefficient (Wildman–Crippen LogP) is 3.77. The van der Waals surface area contributed by atoms with Crippen molar-refractivity contribution >= 4 is 11.9 Å². The average molecular weight is 240 g/mol. The normalized spacial score (nSPS) is 10.0. The van der Waals surface area contributed by atoms with Gasteiger partial charge in [-0.1, -0.05) is 52.0 Å². The molecule has 3 heteroatoms. The van der Waals surface area contributed by atoms with Crippen molar-refractivity contribution in [2.75, 3.05) is 0 Å². The summed E-state index contributed by atoms with van der Waals surface area (Å²) in [5.74, 6) is -1.05. The second-order valence-electron chi connectivity index (χ2n) is 4.41. The first-order chi connectivity index (χ1) is 8.07. The lowest BCUT2D eigenvalue weighted by Gasteiger charge is -2.02. The van der Waals surface area contributed by atoms with Crippen molar-refractivity contribution in [3.05, 3.63) is 12.2 Å². The Kier molecular flexibility index (Phi) is 9.40. The van der Waals surface area contributed by atoms with E-state index >= 15 is 0 Å². The fourth-order valence-electron chi connectivity index (χ4n) is 1.47. The van der Waals surface area contributed by atoms with Crippen LogP contribution in [0.15, 0.2) is 12.2 Å². The van der Waals surface area contributed by atoms with Crippen LogP contribution in [0.5, 0.6) is 0 Å². The Morgan fingerprint density at radius 2 is 1.53 bits per heavy atom. The van der Waals surface area contributed by atoms with Gasteiger partial charge >= 0.3 is 11.9 Å². The second-order valence-corrected chi connectivity index (χ2v) is 4.41. The smallest absolute Gasteiger partial charge is 0.340 e. The van der Waals surface area contributed by atoms with E-state index in [-0.39, 0.29) is 5.57 Å². The molecule has 3 nitrogen and oxygen atoms in total. The summed E-state index contributed by atoms with van der Waals surface area (Å²) in [4.78, 5) is 22.2. The van der Waals surface area contributed by atoms with Crippen molar-refractivity contribution in [2.24, 2.45) is 0 Å². The van der Waals surface area contributed by atoms with Gasteiger partial charge in [0.05, 0.1) is 0 Å². The summed E-state index contributed by atoms with van der Waals surface area (Å²) in [6.45, 7) is 7.14. The molecule has 0 N–H and O–H groups in total. The van der Waals surface area contributed by atoms with Crippen LogP contribution >= 0.6 is 0 Å². The van der Waals surface area contributed by atoms with Gasteiger partial charge in [-0.05, 0) is 13.3 Å². The van der Waals surface area contributed by atoms with Crippen molar-refractivity contribution in [1.82, 2.24) is 0 Å². The van der Waals surface area contributed by atoms with E-state index in [4.69, 9.17) is 0 Å². The van der Waals surface area contributed by atoms with Crippen LogP contribution in [0.1, 0.15) is 65.2 Å². The van der Waals surface area contributed by atoms with Gasteiger partial charge in [0.2, 0.25) is 0 Å². The molecule has 0 bridgehead atoms. The molecule has 0 aromatic heterocycles. The van der Waals surface area contributed by atoms with E-state index in [0.717, 1.165) is 19.3 Å². The van der Waals surface area contributed by atoms with E-state index in [1.165, 1.54) is 32.6 Å². The Bertz CT molecular complexity index is 256. The lowest BCUT2D eigenvalue weighted by atomic mass is 10.1. The van der Waals surface area contributed by atoms with Gasteiger partial charge < -0.3 is 4.74 Å². The van der Waals surface area contributed by atoms with E-state index in [2.05, 4.69) is 18.2 Å². The number of hydrogen-bond acceptors (Lipinski definition) is 3. The largest absolute Gasteiger partial charge is 0.390 e. The van der Waals surface area contributed by atoms with Crippen molar-refractivity contribution < 1.29 is 14.3 Å². The summed E-state index contributed by atoms with van der Waals surface area (Å²) in [5, 5.41) is 0. The molecule has 98 valence electrons. The Hall–Kier alpha value is -1.12. The maximum absolute atomic E-state index is 11.2. The highest BCUT2D eigenvalue weighted by molar-refractivity contribution is 5.95. The molecule has 0 spiro atoms. The number of carbonyl (C=O) groups excluding carboxylic acids is 2. The molecule has 0 aliphatic heterocycles. The van der Waals surface area contributed by atoms with Crippen LogP contribution in [-0.2, 0) is 14.3 Å². The molecule has 17 heavy (non-hydrogen) atoms. The third-order valence-corrected chi connectivity index (χ3v) is 2.54. The molecule has 0 aromatic carbocycles. The van der Waals surface area contributed by atoms with Crippen LogP contribution in [0.2, 0.25) is 0 Å². The predicted molar refractivity (Wildman–Crippen MR) is 68.5 cm³/mol. The first kappa shape index (κ1) is 15.9. The van der Waals surface area contributed by atoms with Crippen LogP contribution < -0.4 is 0 Å². The zero-order valence-electron chi connectivity index (χ0n) is 11.1. The third kappa shape index (κ3) is 9.79. The number of ether oxygens (including phenoxy) is 1. The molecule has 0 rings (SSSR count). The molecule has 0 atom stereocenters. The van der Waals surface area contributed by atoms with Gasteiger partial charge in [0.1, 0.15) is 0 Å². The van der Waals surface area contributed by atoms with E-state index in [9.17, 15) is 9.59 Å². The quantitative estimate of drug-likeness (QED) is 0.267. The summed E-state index contributed by atoms with van der Waals surface area (Å²) < 4.78 is 4.58. The fourth-order valence-corrected chi connectivity index (χ4v) is 1.47. The number of rotatable bonds is 9. The van der Waals surface area contributed by atoms with Gasteiger partial charge in [0, 0.05) is 12.0 Å². The maximum atomic E-state index is 11.2. The molecule has 0 radical (unpaired) electrons. The van der Waals surface area contributed by atoms with Gasteiger partial charge in [-0.25, -0.2) is 4.79 Å². The van der Waals surface area contributed by atoms with Gasteiger partial charge in [-0.15, -0.1) is 0 Å². The molecular formula is C14H24O3. The highest BCUT2D eigenvalue weighted by Gasteiger charge is 2.09. The zero-order valence-corrected chi connectivity index (χ0v) is 11.1. The molecule has 0 saturated heterocycles. The summed E-state index contributed by atoms with van der Waals surface area (Å²) in [6, 6.07) is 0. The van der Waals surface area contributed by atoms with Crippen molar-refractivity contribution in [3.8, 4) is 0 Å². The summed E-state index contributed by atoms with van der Waals surface area (Å²) in [6.07, 6.45) is 8.34. The minimum absolute atomic E-state index is 0.262. The molecule has 0 aliphatic rings. The minimum Gasteiger partial charge on any atom is -0.390 e. The van der Waals surface area contributed by atoms with Gasteiger partial charge in [-0.2, -0.15) is 0 Å². The Morgan fingerprint density at radius 1 is 1.00 bits per heavy atom. The molecule has 0 heterocycles. The van der Waals surface area contributed by atoms with Crippen molar-refractivity contribution in [3.63, 3.8) is 0 Å². The topological polar surface area (TPSA) is 43.4 Å². The number of carbonyl (C=O) groups is 2. The molecule has 0 saturated carbocycles. The Balaban J connectivity index is 3.39. The molecular weight excluding hydrogens is 216 g/mol. The summed E-state index contributed by atoms with van der Waals surface area (Å²) in [5.41, 5.74) is 0.262. The first-order valence-electron chi connectivity index (χ1n) is 6.48. The average Bonchev–Trinajstić information content (AvgIpc) is 2.27. The molecule has 0 aromatic rings. The number of esters is 2. The maximum Gasteiger partial charge on any atom is 0.340 e. The van der Waals surface area contributed by atoms with Crippen LogP contribution in [0.4, 0.5) is 0 Å². The van der Waals surface area contributed by atoms with Crippen LogP contribution in [0, 0.1) is 0 Å². The summed E-state index contributed by atoms with van der Waals surface area (Å²) in [7, 11) is 0. The van der Waals surface area contributed by atoms with Crippen LogP contribution in [-0.4, -0.2) is 11.9 Å². The van der Waals surface area contributed by atoms with Gasteiger partial charge in [0.25, 0.3) is 0 Å². The fraction of sp³-hybridized carbons (Fsp3) is 0.714. The SMILES string of the molecule is C=C(C)C(=O)OC(=O)CCCCCCCCC. The first-order valence-corrected chi connectivity index (χ1v) is 6.48. The molecule has 0 fully saturated rings. The molecule has 0 amide bonds. The van der Waals surface area contributed by atoms with E-state index in [0.29, 0.717) is 6.42 Å². The Labute approximate surface area is 104 Å². The van der Waals surface area contributed by atoms with Crippen molar-refractivity contribution in [2.45, 2.75) is 65.2 Å². The monoisotopic (exact) mass is 240 g/mol. The third-order valence-electron chi connectivity index (χ3n) is 2.54. The Morgan fingerprint density at radius 3 is 2.06 bits per heavy atom. The van der Waals surface area contributed by atoms with Gasteiger partial charge in [-0.3, -0.25) is 4.79 Å². The minimum atomic E-state index is -0.613.